The molecule has 3 aromatic rings. The van der Waals surface area contributed by atoms with Crippen molar-refractivity contribution >= 4 is 22.4 Å². The number of anilines is 1. The monoisotopic (exact) mass is 377 g/mol. The second-order valence-electron chi connectivity index (χ2n) is 6.88. The Morgan fingerprint density at radius 1 is 0.963 bits per heavy atom. The highest BCUT2D eigenvalue weighted by Crippen LogP contribution is 2.22. The van der Waals surface area contributed by atoms with Crippen LogP contribution in [0.5, 0.6) is 0 Å². The smallest absolute Gasteiger partial charge is 0.257 e. The number of nitrogens with one attached hydrogen (secondary N) is 1. The third-order valence-electron chi connectivity index (χ3n) is 4.86. The number of likely N-dealkylation sites (tertiary alicyclic amines) is 1. The van der Waals surface area contributed by atoms with Crippen molar-refractivity contribution < 1.29 is 4.79 Å². The van der Waals surface area contributed by atoms with Gasteiger partial charge in [-0.2, -0.15) is 0 Å². The zero-order valence-electron chi connectivity index (χ0n) is 15.2. The number of carbonyl (C=O) groups excluding carboxylic acids is 1. The number of thiazole rings is 1. The number of aromatic nitrogens is 1. The molecule has 4 nitrogen and oxygen atoms in total. The molecule has 0 atom stereocenters. The van der Waals surface area contributed by atoms with E-state index < -0.39 is 0 Å². The van der Waals surface area contributed by atoms with Gasteiger partial charge in [-0.05, 0) is 49.2 Å². The van der Waals surface area contributed by atoms with Crippen molar-refractivity contribution in [1.29, 1.82) is 0 Å². The molecule has 1 saturated heterocycles. The van der Waals surface area contributed by atoms with Crippen molar-refractivity contribution in [3.8, 4) is 11.1 Å². The molecule has 0 spiro atoms. The lowest BCUT2D eigenvalue weighted by molar-refractivity contribution is 0.102. The van der Waals surface area contributed by atoms with Gasteiger partial charge in [-0.3, -0.25) is 15.0 Å². The molecule has 2 heterocycles. The SMILES string of the molecule is O=C(Nc1nc(CN2CCCCC2)cs1)c1ccc(-c2ccccc2)cc1. The Kier molecular flexibility index (Phi) is 5.61. The van der Waals surface area contributed by atoms with Crippen LogP contribution in [0.1, 0.15) is 35.3 Å². The van der Waals surface area contributed by atoms with Crippen LogP contribution in [0.4, 0.5) is 5.13 Å². The highest BCUT2D eigenvalue weighted by atomic mass is 32.1. The summed E-state index contributed by atoms with van der Waals surface area (Å²) in [4.78, 5) is 19.5. The Labute approximate surface area is 163 Å². The second kappa shape index (κ2) is 8.46. The molecule has 1 amide bonds. The van der Waals surface area contributed by atoms with Crippen molar-refractivity contribution in [2.75, 3.05) is 18.4 Å². The fourth-order valence-corrected chi connectivity index (χ4v) is 4.09. The van der Waals surface area contributed by atoms with E-state index in [-0.39, 0.29) is 5.91 Å². The summed E-state index contributed by atoms with van der Waals surface area (Å²) in [6.07, 6.45) is 3.87. The van der Waals surface area contributed by atoms with Crippen LogP contribution in [-0.2, 0) is 6.54 Å². The second-order valence-corrected chi connectivity index (χ2v) is 7.74. The predicted molar refractivity (Wildman–Crippen MR) is 111 cm³/mol. The summed E-state index contributed by atoms with van der Waals surface area (Å²) < 4.78 is 0. The number of amides is 1. The van der Waals surface area contributed by atoms with Gasteiger partial charge in [0.15, 0.2) is 5.13 Å². The lowest BCUT2D eigenvalue weighted by Gasteiger charge is -2.25. The number of hydrogen-bond acceptors (Lipinski definition) is 4. The maximum atomic E-state index is 12.5. The lowest BCUT2D eigenvalue weighted by Crippen LogP contribution is -2.29. The molecule has 4 rings (SSSR count). The van der Waals surface area contributed by atoms with Gasteiger partial charge >= 0.3 is 0 Å². The third kappa shape index (κ3) is 4.62. The first-order valence-electron chi connectivity index (χ1n) is 9.41. The summed E-state index contributed by atoms with van der Waals surface area (Å²) in [7, 11) is 0. The van der Waals surface area contributed by atoms with Crippen LogP contribution in [0.25, 0.3) is 11.1 Å². The van der Waals surface area contributed by atoms with E-state index in [9.17, 15) is 4.79 Å². The fraction of sp³-hybridized carbons (Fsp3) is 0.273. The molecule has 2 aromatic carbocycles. The minimum atomic E-state index is -0.117. The molecule has 1 aliphatic rings. The van der Waals surface area contributed by atoms with Gasteiger partial charge < -0.3 is 0 Å². The molecule has 1 fully saturated rings. The van der Waals surface area contributed by atoms with Crippen LogP contribution in [0.2, 0.25) is 0 Å². The van der Waals surface area contributed by atoms with Gasteiger partial charge in [0.1, 0.15) is 0 Å². The number of hydrogen-bond donors (Lipinski definition) is 1. The standard InChI is InChI=1S/C22H23N3OS/c26-21(19-11-9-18(10-12-19)17-7-3-1-4-8-17)24-22-23-20(16-27-22)15-25-13-5-2-6-14-25/h1,3-4,7-12,16H,2,5-6,13-15H2,(H,23,24,26). The highest BCUT2D eigenvalue weighted by Gasteiger charge is 2.14. The van der Waals surface area contributed by atoms with Crippen LogP contribution in [0.15, 0.2) is 60.0 Å². The Hall–Kier alpha value is -2.50. The van der Waals surface area contributed by atoms with E-state index in [0.717, 1.165) is 36.5 Å². The van der Waals surface area contributed by atoms with E-state index in [2.05, 4.69) is 27.3 Å². The molecule has 5 heteroatoms. The largest absolute Gasteiger partial charge is 0.298 e. The summed E-state index contributed by atoms with van der Waals surface area (Å²) in [5.74, 6) is -0.117. The molecule has 0 radical (unpaired) electrons. The van der Waals surface area contributed by atoms with Crippen LogP contribution in [0, 0.1) is 0 Å². The number of rotatable bonds is 5. The number of piperidine rings is 1. The highest BCUT2D eigenvalue weighted by molar-refractivity contribution is 7.13. The first-order valence-corrected chi connectivity index (χ1v) is 10.3. The van der Waals surface area contributed by atoms with Crippen LogP contribution < -0.4 is 5.32 Å². The molecule has 0 saturated carbocycles. The van der Waals surface area contributed by atoms with Crippen molar-refractivity contribution in [2.24, 2.45) is 0 Å². The van der Waals surface area contributed by atoms with E-state index in [0.29, 0.717) is 10.7 Å². The van der Waals surface area contributed by atoms with Gasteiger partial charge in [0.25, 0.3) is 5.91 Å². The number of benzene rings is 2. The van der Waals surface area contributed by atoms with E-state index >= 15 is 0 Å². The van der Waals surface area contributed by atoms with Crippen LogP contribution in [0.3, 0.4) is 0 Å². The Morgan fingerprint density at radius 2 is 1.67 bits per heavy atom. The zero-order chi connectivity index (χ0) is 18.5. The van der Waals surface area contributed by atoms with Crippen molar-refractivity contribution in [3.63, 3.8) is 0 Å². The van der Waals surface area contributed by atoms with Gasteiger partial charge in [-0.1, -0.05) is 48.9 Å². The van der Waals surface area contributed by atoms with Crippen molar-refractivity contribution in [2.45, 2.75) is 25.8 Å². The van der Waals surface area contributed by atoms with Gasteiger partial charge in [-0.15, -0.1) is 11.3 Å². The quantitative estimate of drug-likeness (QED) is 0.677. The minimum Gasteiger partial charge on any atom is -0.298 e. The summed E-state index contributed by atoms with van der Waals surface area (Å²) in [6.45, 7) is 3.16. The summed E-state index contributed by atoms with van der Waals surface area (Å²) in [5.41, 5.74) is 3.93. The third-order valence-corrected chi connectivity index (χ3v) is 5.67. The maximum absolute atomic E-state index is 12.5. The van der Waals surface area contributed by atoms with E-state index in [1.807, 2.05) is 47.8 Å². The topological polar surface area (TPSA) is 45.2 Å². The first-order chi connectivity index (χ1) is 13.3. The minimum absolute atomic E-state index is 0.117. The maximum Gasteiger partial charge on any atom is 0.257 e. The number of nitrogens with zero attached hydrogens (tertiary/aromatic N) is 2. The summed E-state index contributed by atoms with van der Waals surface area (Å²) in [5, 5.41) is 5.64. The van der Waals surface area contributed by atoms with Gasteiger partial charge in [0.2, 0.25) is 0 Å². The summed E-state index contributed by atoms with van der Waals surface area (Å²) in [6, 6.07) is 17.8. The molecule has 1 N–H and O–H groups in total. The molecule has 27 heavy (non-hydrogen) atoms. The molecular weight excluding hydrogens is 354 g/mol. The molecule has 1 aromatic heterocycles. The number of carbonyl (C=O) groups is 1. The van der Waals surface area contributed by atoms with Crippen molar-refractivity contribution in [3.05, 3.63) is 71.2 Å². The molecular formula is C22H23N3OS. The van der Waals surface area contributed by atoms with E-state index in [1.165, 1.54) is 30.6 Å². The molecule has 0 aliphatic carbocycles. The molecule has 0 unspecified atom stereocenters. The van der Waals surface area contributed by atoms with Gasteiger partial charge in [0, 0.05) is 17.5 Å². The van der Waals surface area contributed by atoms with E-state index in [4.69, 9.17) is 0 Å². The molecule has 138 valence electrons. The van der Waals surface area contributed by atoms with Crippen molar-refractivity contribution in [1.82, 2.24) is 9.88 Å². The molecule has 0 bridgehead atoms. The Morgan fingerprint density at radius 3 is 2.41 bits per heavy atom. The zero-order valence-corrected chi connectivity index (χ0v) is 16.0. The van der Waals surface area contributed by atoms with Gasteiger partial charge in [0.05, 0.1) is 5.69 Å². The fourth-order valence-electron chi connectivity index (χ4n) is 3.40. The lowest BCUT2D eigenvalue weighted by atomic mass is 10.0. The average molecular weight is 378 g/mol. The Bertz CT molecular complexity index is 883. The first kappa shape index (κ1) is 17.9. The average Bonchev–Trinajstić information content (AvgIpc) is 3.16. The normalized spacial score (nSPS) is 14.8. The van der Waals surface area contributed by atoms with E-state index in [1.54, 1.807) is 0 Å². The summed E-state index contributed by atoms with van der Waals surface area (Å²) >= 11 is 1.49. The van der Waals surface area contributed by atoms with Crippen LogP contribution >= 0.6 is 11.3 Å². The Balaban J connectivity index is 1.37. The molecule has 1 aliphatic heterocycles. The van der Waals surface area contributed by atoms with Crippen LogP contribution in [-0.4, -0.2) is 28.9 Å². The predicted octanol–water partition coefficient (Wildman–Crippen LogP) is 5.05. The van der Waals surface area contributed by atoms with Gasteiger partial charge in [-0.25, -0.2) is 4.98 Å².